The van der Waals surface area contributed by atoms with Gasteiger partial charge in [0.05, 0.1) is 11.4 Å². The molecule has 2 amide bonds. The van der Waals surface area contributed by atoms with Crippen molar-refractivity contribution in [3.05, 3.63) is 78.4 Å². The minimum Gasteiger partial charge on any atom is -0.445 e. The predicted octanol–water partition coefficient (Wildman–Crippen LogP) is 4.22. The molecule has 1 N–H and O–H groups in total. The van der Waals surface area contributed by atoms with Crippen molar-refractivity contribution < 1.29 is 27.9 Å². The molecule has 2 aromatic rings. The molecule has 2 saturated heterocycles. The second kappa shape index (κ2) is 13.8. The highest BCUT2D eigenvalue weighted by Gasteiger charge is 2.49. The van der Waals surface area contributed by atoms with Gasteiger partial charge in [-0.3, -0.25) is 4.79 Å². The average molecular weight is 624 g/mol. The van der Waals surface area contributed by atoms with Crippen molar-refractivity contribution in [2.24, 2.45) is 11.8 Å². The third-order valence-electron chi connectivity index (χ3n) is 9.59. The predicted molar refractivity (Wildman–Crippen MR) is 168 cm³/mol. The van der Waals surface area contributed by atoms with E-state index in [1.165, 1.54) is 12.1 Å². The maximum atomic E-state index is 13.4. The first kappa shape index (κ1) is 32.2. The Morgan fingerprint density at radius 2 is 1.70 bits per heavy atom. The first-order valence-corrected chi connectivity index (χ1v) is 17.6. The number of aliphatic hydroxyl groups is 1. The first-order chi connectivity index (χ1) is 21.1. The molecule has 10 heteroatoms. The van der Waals surface area contributed by atoms with E-state index in [9.17, 15) is 23.1 Å². The number of piperidine rings is 1. The SMILES string of the molecule is C=CCN(C(=O)OCc1ccc(S(C)(=O)=O)cc1)C1CCN(C[C@H]2CN(C(=O)C3CCCC3)C[C@]2(O)c2ccccc2)CC1. The molecule has 44 heavy (non-hydrogen) atoms. The summed E-state index contributed by atoms with van der Waals surface area (Å²) in [4.78, 5) is 32.7. The van der Waals surface area contributed by atoms with E-state index >= 15 is 0 Å². The van der Waals surface area contributed by atoms with Crippen LogP contribution in [-0.4, -0.2) is 91.8 Å². The van der Waals surface area contributed by atoms with E-state index in [1.807, 2.05) is 35.2 Å². The van der Waals surface area contributed by atoms with Gasteiger partial charge < -0.3 is 24.5 Å². The van der Waals surface area contributed by atoms with Crippen molar-refractivity contribution in [3.8, 4) is 0 Å². The first-order valence-electron chi connectivity index (χ1n) is 15.7. The third kappa shape index (κ3) is 7.35. The maximum absolute atomic E-state index is 13.4. The van der Waals surface area contributed by atoms with Crippen LogP contribution in [0.4, 0.5) is 4.79 Å². The lowest BCUT2D eigenvalue weighted by Crippen LogP contribution is -2.50. The highest BCUT2D eigenvalue weighted by atomic mass is 32.2. The summed E-state index contributed by atoms with van der Waals surface area (Å²) in [6.45, 7) is 7.30. The third-order valence-corrected chi connectivity index (χ3v) is 10.7. The Labute approximate surface area is 261 Å². The molecule has 2 heterocycles. The Balaban J connectivity index is 1.19. The molecule has 2 aliphatic heterocycles. The highest BCUT2D eigenvalue weighted by molar-refractivity contribution is 7.90. The van der Waals surface area contributed by atoms with E-state index in [0.717, 1.165) is 63.4 Å². The van der Waals surface area contributed by atoms with Gasteiger partial charge in [0.1, 0.15) is 12.2 Å². The summed E-state index contributed by atoms with van der Waals surface area (Å²) in [5.74, 6) is 0.144. The zero-order chi connectivity index (χ0) is 31.3. The summed E-state index contributed by atoms with van der Waals surface area (Å²) < 4.78 is 29.1. The number of hydrogen-bond donors (Lipinski definition) is 1. The Kier molecular flexibility index (Phi) is 10.1. The number of carbonyl (C=O) groups is 2. The van der Waals surface area contributed by atoms with E-state index in [4.69, 9.17) is 4.74 Å². The molecule has 2 aromatic carbocycles. The van der Waals surface area contributed by atoms with Gasteiger partial charge in [0.15, 0.2) is 9.84 Å². The number of sulfone groups is 1. The van der Waals surface area contributed by atoms with Gasteiger partial charge in [0.2, 0.25) is 5.91 Å². The number of amides is 2. The number of carbonyl (C=O) groups excluding carboxylic acids is 2. The zero-order valence-electron chi connectivity index (χ0n) is 25.6. The van der Waals surface area contributed by atoms with Gasteiger partial charge in [-0.25, -0.2) is 13.2 Å². The van der Waals surface area contributed by atoms with Crippen LogP contribution in [-0.2, 0) is 31.6 Å². The van der Waals surface area contributed by atoms with Crippen LogP contribution in [0.25, 0.3) is 0 Å². The van der Waals surface area contributed by atoms with Crippen LogP contribution >= 0.6 is 0 Å². The number of ether oxygens (including phenoxy) is 1. The second-order valence-corrected chi connectivity index (χ2v) is 14.6. The Morgan fingerprint density at radius 3 is 2.32 bits per heavy atom. The van der Waals surface area contributed by atoms with Gasteiger partial charge >= 0.3 is 6.09 Å². The summed E-state index contributed by atoms with van der Waals surface area (Å²) in [5, 5.41) is 12.1. The fraction of sp³-hybridized carbons (Fsp3) is 0.529. The monoisotopic (exact) mass is 623 g/mol. The van der Waals surface area contributed by atoms with Crippen molar-refractivity contribution in [2.75, 3.05) is 45.5 Å². The molecule has 9 nitrogen and oxygen atoms in total. The molecule has 1 aliphatic carbocycles. The van der Waals surface area contributed by atoms with E-state index < -0.39 is 21.5 Å². The van der Waals surface area contributed by atoms with Gasteiger partial charge in [-0.05, 0) is 48.9 Å². The van der Waals surface area contributed by atoms with Gasteiger partial charge in [0.25, 0.3) is 0 Å². The molecular weight excluding hydrogens is 578 g/mol. The van der Waals surface area contributed by atoms with Gasteiger partial charge in [0, 0.05) is 56.9 Å². The molecule has 1 saturated carbocycles. The van der Waals surface area contributed by atoms with Crippen molar-refractivity contribution >= 4 is 21.8 Å². The molecule has 5 rings (SSSR count). The minimum atomic E-state index is -3.29. The van der Waals surface area contributed by atoms with E-state index in [0.29, 0.717) is 31.7 Å². The maximum Gasteiger partial charge on any atom is 0.410 e. The largest absolute Gasteiger partial charge is 0.445 e. The lowest BCUT2D eigenvalue weighted by Gasteiger charge is -2.40. The van der Waals surface area contributed by atoms with Crippen LogP contribution in [0, 0.1) is 11.8 Å². The molecule has 0 spiro atoms. The van der Waals surface area contributed by atoms with Crippen molar-refractivity contribution in [2.45, 2.75) is 61.7 Å². The number of hydrogen-bond acceptors (Lipinski definition) is 7. The molecule has 0 aromatic heterocycles. The van der Waals surface area contributed by atoms with Gasteiger partial charge in [-0.2, -0.15) is 0 Å². The van der Waals surface area contributed by atoms with Gasteiger partial charge in [-0.1, -0.05) is 61.4 Å². The van der Waals surface area contributed by atoms with Gasteiger partial charge in [-0.15, -0.1) is 6.58 Å². The van der Waals surface area contributed by atoms with Crippen LogP contribution in [0.1, 0.15) is 49.7 Å². The lowest BCUT2D eigenvalue weighted by molar-refractivity contribution is -0.135. The topological polar surface area (TPSA) is 107 Å². The number of rotatable bonds is 10. The standard InChI is InChI=1S/C34H45N3O6S/c1-3-19-37(33(39)43-24-26-13-15-31(16-14-26)44(2,41)42)30-17-20-35(21-18-30)22-29-23-36(32(38)27-9-7-8-10-27)25-34(29,40)28-11-5-4-6-12-28/h3-6,11-16,27,29-30,40H,1,7-10,17-25H2,2H3/t29-,34-/m0/s1. The molecule has 3 aliphatic rings. The summed E-state index contributed by atoms with van der Waals surface area (Å²) in [6.07, 6.45) is 8.02. The minimum absolute atomic E-state index is 0.0126. The van der Waals surface area contributed by atoms with E-state index in [1.54, 1.807) is 23.1 Å². The van der Waals surface area contributed by atoms with E-state index in [2.05, 4.69) is 11.5 Å². The van der Waals surface area contributed by atoms with Crippen molar-refractivity contribution in [1.82, 2.24) is 14.7 Å². The molecule has 0 radical (unpaired) electrons. The summed E-state index contributed by atoms with van der Waals surface area (Å²) in [7, 11) is -3.29. The number of β-amino-alcohol motifs (C(OH)–C–C–N with tert-alkyl or cyclic N) is 1. The van der Waals surface area contributed by atoms with Crippen LogP contribution in [0.15, 0.2) is 72.1 Å². The molecule has 3 fully saturated rings. The Hall–Kier alpha value is -3.21. The van der Waals surface area contributed by atoms with E-state index in [-0.39, 0.29) is 35.3 Å². The van der Waals surface area contributed by atoms with Crippen LogP contribution in [0.3, 0.4) is 0 Å². The fourth-order valence-corrected chi connectivity index (χ4v) is 7.69. The Morgan fingerprint density at radius 1 is 1.05 bits per heavy atom. The lowest BCUT2D eigenvalue weighted by atomic mass is 9.83. The smallest absolute Gasteiger partial charge is 0.410 e. The summed E-state index contributed by atoms with van der Waals surface area (Å²) in [5.41, 5.74) is 0.458. The summed E-state index contributed by atoms with van der Waals surface area (Å²) in [6, 6.07) is 16.1. The number of nitrogens with zero attached hydrogens (tertiary/aromatic N) is 3. The summed E-state index contributed by atoms with van der Waals surface area (Å²) >= 11 is 0. The van der Waals surface area contributed by atoms with Crippen molar-refractivity contribution in [1.29, 1.82) is 0 Å². The molecule has 238 valence electrons. The average Bonchev–Trinajstić information content (AvgIpc) is 3.68. The molecule has 0 unspecified atom stereocenters. The van der Waals surface area contributed by atoms with Crippen LogP contribution in [0.5, 0.6) is 0 Å². The normalized spacial score (nSPS) is 23.5. The highest BCUT2D eigenvalue weighted by Crippen LogP contribution is 2.40. The number of benzene rings is 2. The quantitative estimate of drug-likeness (QED) is 0.395. The molecule has 2 atom stereocenters. The fourth-order valence-electron chi connectivity index (χ4n) is 7.06. The van der Waals surface area contributed by atoms with Crippen LogP contribution < -0.4 is 0 Å². The van der Waals surface area contributed by atoms with Crippen molar-refractivity contribution in [3.63, 3.8) is 0 Å². The van der Waals surface area contributed by atoms with Crippen LogP contribution in [0.2, 0.25) is 0 Å². The molecular formula is C34H45N3O6S. The second-order valence-electron chi connectivity index (χ2n) is 12.6. The number of likely N-dealkylation sites (tertiary alicyclic amines) is 2. The Bertz CT molecular complexity index is 1400. The zero-order valence-corrected chi connectivity index (χ0v) is 26.5. The molecule has 0 bridgehead atoms.